The molecule has 0 saturated heterocycles. The van der Waals surface area contributed by atoms with Crippen molar-refractivity contribution in [3.63, 3.8) is 0 Å². The highest BCUT2D eigenvalue weighted by molar-refractivity contribution is 9.10. The molecule has 0 aliphatic heterocycles. The largest absolute Gasteiger partial charge is 0.496 e. The maximum absolute atomic E-state index is 13.2. The lowest BCUT2D eigenvalue weighted by atomic mass is 9.91. The molecule has 4 aromatic carbocycles. The Kier molecular flexibility index (Phi) is 24.6. The number of anilines is 4. The van der Waals surface area contributed by atoms with Crippen LogP contribution in [0.25, 0.3) is 66.8 Å². The maximum atomic E-state index is 13.2. The molecular formula is C86H85BrCl2F3N23O6. The van der Waals surface area contributed by atoms with Crippen LogP contribution in [0.2, 0.25) is 10.0 Å². The van der Waals surface area contributed by atoms with Gasteiger partial charge in [-0.2, -0.15) is 28.5 Å². The zero-order valence-electron chi connectivity index (χ0n) is 68.5. The molecule has 8 N–H and O–H groups in total. The Balaban J connectivity index is 0.000000140. The van der Waals surface area contributed by atoms with Crippen molar-refractivity contribution in [3.8, 4) is 45.4 Å². The lowest BCUT2D eigenvalue weighted by Gasteiger charge is -2.24. The molecule has 29 nitrogen and oxygen atoms in total. The van der Waals surface area contributed by atoms with Crippen molar-refractivity contribution in [3.05, 3.63) is 284 Å². The number of benzene rings is 4. The quantitative estimate of drug-likeness (QED) is 0.0698. The van der Waals surface area contributed by atoms with Crippen molar-refractivity contribution in [2.24, 2.45) is 0 Å². The van der Waals surface area contributed by atoms with Gasteiger partial charge in [-0.05, 0) is 159 Å². The van der Waals surface area contributed by atoms with E-state index < -0.39 is 11.9 Å². The molecule has 3 unspecified atom stereocenters. The zero-order valence-corrected chi connectivity index (χ0v) is 71.6. The number of fused-ring (bicyclic) bond motifs is 4. The van der Waals surface area contributed by atoms with Gasteiger partial charge in [-0.25, -0.2) is 53.9 Å². The van der Waals surface area contributed by atoms with E-state index in [1.807, 2.05) is 182 Å². The Morgan fingerprint density at radius 2 is 0.901 bits per heavy atom. The van der Waals surface area contributed by atoms with Gasteiger partial charge >= 0.3 is 6.18 Å². The molecule has 35 heteroatoms. The van der Waals surface area contributed by atoms with Crippen molar-refractivity contribution < 1.29 is 27.4 Å². The molecule has 0 saturated carbocycles. The standard InChI is InChI=1S/C25H25ClF3N5O.C21H22N6O2.C20H19BrN6O2.C20H19ClN6O/c1-12(2)35-22-17(13(3)24-33-15(5)21-23(30)31-8-9-34(21)24)10-18(26)14(4)20(22)16-6-7-19(32-11-16)25(27,28)29;1-12-17(29-4)10-16(26(21(12)28)15-8-6-5-7-9-15)14(3)27-20-18(13(2)25-27)19(22)23-11-24-20;1-11-15(29-3)9-14(26(20(11)28)13-7-5-4-6-8-13)12(2)27-19-16(17(21)25-27)18(22)23-10-24-19;1-11-15(21)9-16(26(20(11)28)14-7-5-4-6-8-14)13(3)27-19-17(12(2)25-27)18(22)23-10-24-19/h6-13H,1-5H3,(H2,30,31);5-11,14H,1-4H3,(H2,22,23,24);4-10,12H,1-3H3,(H2,22,23,24);4-10,13H,1-3H3,(H2,22,23,24)/t13-;;;/m0.../s1. The smallest absolute Gasteiger partial charge is 0.433 e. The van der Waals surface area contributed by atoms with Crippen molar-refractivity contribution in [2.75, 3.05) is 37.2 Å². The number of ether oxygens (including phenoxy) is 3. The van der Waals surface area contributed by atoms with Crippen LogP contribution in [0.1, 0.15) is 139 Å². The third-order valence-electron chi connectivity index (χ3n) is 20.8. The van der Waals surface area contributed by atoms with E-state index >= 15 is 0 Å². The molecule has 0 bridgehead atoms. The summed E-state index contributed by atoms with van der Waals surface area (Å²) in [4.78, 5) is 77.4. The first-order valence-corrected chi connectivity index (χ1v) is 39.6. The number of rotatable bonds is 16. The average Bonchev–Trinajstić information content (AvgIpc) is 0.870. The van der Waals surface area contributed by atoms with Crippen molar-refractivity contribution in [1.82, 2.24) is 92.3 Å². The summed E-state index contributed by atoms with van der Waals surface area (Å²) < 4.78 is 69.2. The second-order valence-electron chi connectivity index (χ2n) is 28.9. The number of aromatic nitrogens is 19. The second-order valence-corrected chi connectivity index (χ2v) is 30.4. The van der Waals surface area contributed by atoms with E-state index in [0.717, 1.165) is 51.5 Å². The normalized spacial score (nSPS) is 12.5. The van der Waals surface area contributed by atoms with E-state index in [1.165, 1.54) is 31.2 Å². The first kappa shape index (κ1) is 85.5. The zero-order chi connectivity index (χ0) is 87.1. The summed E-state index contributed by atoms with van der Waals surface area (Å²) in [6, 6.07) is 37.2. The van der Waals surface area contributed by atoms with E-state index in [-0.39, 0.29) is 46.8 Å². The first-order chi connectivity index (χ1) is 57.7. The van der Waals surface area contributed by atoms with Crippen LogP contribution in [0.3, 0.4) is 0 Å². The van der Waals surface area contributed by atoms with Crippen molar-refractivity contribution in [2.45, 2.75) is 126 Å². The lowest BCUT2D eigenvalue weighted by molar-refractivity contribution is -0.141. The molecule has 0 fully saturated rings. The Labute approximate surface area is 709 Å². The number of para-hydroxylation sites is 3. The fourth-order valence-corrected chi connectivity index (χ4v) is 15.6. The third kappa shape index (κ3) is 16.4. The molecule has 0 amide bonds. The summed E-state index contributed by atoms with van der Waals surface area (Å²) in [6.45, 7) is 24.2. The molecule has 12 aromatic heterocycles. The Morgan fingerprint density at radius 3 is 1.33 bits per heavy atom. The van der Waals surface area contributed by atoms with Crippen LogP contribution in [0.4, 0.5) is 36.4 Å². The van der Waals surface area contributed by atoms with Crippen LogP contribution < -0.4 is 53.8 Å². The molecule has 16 aromatic rings. The van der Waals surface area contributed by atoms with Gasteiger partial charge in [0, 0.05) is 81.0 Å². The molecule has 0 aliphatic carbocycles. The Bertz CT molecular complexity index is 6600. The highest BCUT2D eigenvalue weighted by Crippen LogP contribution is 2.46. The number of methoxy groups -OCH3 is 2. The number of hydrogen-bond donors (Lipinski definition) is 4. The predicted octanol–water partition coefficient (Wildman–Crippen LogP) is 16.1. The topological polar surface area (TPSA) is 372 Å². The van der Waals surface area contributed by atoms with Crippen LogP contribution >= 0.6 is 39.1 Å². The molecule has 0 radical (unpaired) electrons. The summed E-state index contributed by atoms with van der Waals surface area (Å²) in [7, 11) is 3.11. The maximum Gasteiger partial charge on any atom is 0.433 e. The minimum atomic E-state index is -4.53. The molecule has 12 heterocycles. The van der Waals surface area contributed by atoms with E-state index in [1.54, 1.807) is 82.1 Å². The van der Waals surface area contributed by atoms with Crippen LogP contribution in [-0.4, -0.2) is 113 Å². The number of hydrogen-bond acceptors (Lipinski definition) is 22. The van der Waals surface area contributed by atoms with Gasteiger partial charge in [-0.1, -0.05) is 90.8 Å². The average molecular weight is 1740 g/mol. The van der Waals surface area contributed by atoms with Gasteiger partial charge < -0.3 is 37.1 Å². The molecular weight excluding hydrogens is 1660 g/mol. The van der Waals surface area contributed by atoms with Gasteiger partial charge in [-0.15, -0.1) is 0 Å². The molecule has 121 heavy (non-hydrogen) atoms. The van der Waals surface area contributed by atoms with Crippen LogP contribution in [0.15, 0.2) is 184 Å². The van der Waals surface area contributed by atoms with Crippen molar-refractivity contribution >= 4 is 101 Å². The highest BCUT2D eigenvalue weighted by atomic mass is 79.9. The van der Waals surface area contributed by atoms with Gasteiger partial charge in [0.25, 0.3) is 16.7 Å². The van der Waals surface area contributed by atoms with E-state index in [4.69, 9.17) is 65.3 Å². The Morgan fingerprint density at radius 1 is 0.479 bits per heavy atom. The summed E-state index contributed by atoms with van der Waals surface area (Å²) in [5.41, 5.74) is 35.9. The summed E-state index contributed by atoms with van der Waals surface area (Å²) in [6.07, 6.45) is 4.08. The lowest BCUT2D eigenvalue weighted by Crippen LogP contribution is -2.27. The van der Waals surface area contributed by atoms with Gasteiger partial charge in [-0.3, -0.25) is 37.5 Å². The highest BCUT2D eigenvalue weighted by Gasteiger charge is 2.34. The van der Waals surface area contributed by atoms with Crippen LogP contribution in [-0.2, 0) is 6.18 Å². The molecule has 622 valence electrons. The summed E-state index contributed by atoms with van der Waals surface area (Å²) >= 11 is 16.5. The molecule has 0 aliphatic rings. The number of nitrogen functional groups attached to an aromatic ring is 4. The Hall–Kier alpha value is -13.4. The predicted molar refractivity (Wildman–Crippen MR) is 466 cm³/mol. The number of alkyl halides is 3. The molecule has 4 atom stereocenters. The van der Waals surface area contributed by atoms with Gasteiger partial charge in [0.1, 0.15) is 81.1 Å². The second kappa shape index (κ2) is 34.9. The van der Waals surface area contributed by atoms with Crippen LogP contribution in [0.5, 0.6) is 17.2 Å². The van der Waals surface area contributed by atoms with Crippen LogP contribution in [0, 0.1) is 48.5 Å². The number of aryl methyl sites for hydroxylation is 3. The van der Waals surface area contributed by atoms with Gasteiger partial charge in [0.15, 0.2) is 16.9 Å². The summed E-state index contributed by atoms with van der Waals surface area (Å²) in [5, 5.41) is 16.8. The monoisotopic (exact) mass is 1740 g/mol. The van der Waals surface area contributed by atoms with E-state index in [2.05, 4.69) is 71.1 Å². The minimum Gasteiger partial charge on any atom is -0.496 e. The molecule has 16 rings (SSSR count). The third-order valence-corrected chi connectivity index (χ3v) is 22.2. The van der Waals surface area contributed by atoms with Crippen molar-refractivity contribution in [1.29, 1.82) is 0 Å². The summed E-state index contributed by atoms with van der Waals surface area (Å²) in [5.74, 6) is 3.45. The number of nitrogens with two attached hydrogens (primary N) is 4. The first-order valence-electron chi connectivity index (χ1n) is 38.0. The van der Waals surface area contributed by atoms with Gasteiger partial charge in [0.05, 0.1) is 105 Å². The van der Waals surface area contributed by atoms with E-state index in [9.17, 15) is 27.6 Å². The number of pyridine rings is 4. The number of halogens is 6. The number of nitrogens with zero attached hydrogens (tertiary/aromatic N) is 19. The minimum absolute atomic E-state index is 0.139. The molecule has 0 spiro atoms. The fourth-order valence-electron chi connectivity index (χ4n) is 14.6. The SMILES string of the molecule is COc1cc(C(C)n2nc(Br)c3c(N)ncnc32)n(-c2ccccc2)c(=O)c1C.COc1cc(C(C)n2nc(C)c3c(N)ncnc32)n(-c2ccccc2)c(=O)c1C.Cc1c(Cl)cc(C(C)n2nc(C)c3c(N)ncnc32)n(-c2ccccc2)c1=O.Cc1c(Cl)cc([C@H](C)c2nc(C)c3c(N)nccn23)c(OC(C)C)c1-c1ccc(C(F)(F)F)nc1. The van der Waals surface area contributed by atoms with Gasteiger partial charge in [0.2, 0.25) is 0 Å². The fraction of sp³-hybridized carbons (Fsp3) is 0.244. The number of imidazole rings is 1. The van der Waals surface area contributed by atoms with E-state index in [0.29, 0.717) is 144 Å².